The van der Waals surface area contributed by atoms with Gasteiger partial charge in [-0.1, -0.05) is 68.4 Å². The lowest BCUT2D eigenvalue weighted by molar-refractivity contribution is -0.139. The van der Waals surface area contributed by atoms with Crippen LogP contribution in [0.15, 0.2) is 66.7 Å². The number of rotatable bonds is 8. The standard InChI is InChI=1S/C24H25FN2O3/c1-16(2)24(18-10-12-20(25)13-11-18)26-23(29)15-30-27-22(28)14-19-8-5-7-17-6-3-4-9-21(17)19/h3-13,16,24H,14-15H2,1-2H3,(H,26,29)(H,27,28). The average Bonchev–Trinajstić information content (AvgIpc) is 2.73. The van der Waals surface area contributed by atoms with Gasteiger partial charge in [0.1, 0.15) is 5.82 Å². The molecule has 0 spiro atoms. The highest BCUT2D eigenvalue weighted by Gasteiger charge is 2.19. The van der Waals surface area contributed by atoms with Gasteiger partial charge in [-0.05, 0) is 39.9 Å². The maximum atomic E-state index is 13.2. The third-order valence-electron chi connectivity index (χ3n) is 4.83. The molecule has 0 aliphatic heterocycles. The Morgan fingerprint density at radius 2 is 1.63 bits per heavy atom. The van der Waals surface area contributed by atoms with Crippen molar-refractivity contribution in [1.82, 2.24) is 10.8 Å². The van der Waals surface area contributed by atoms with E-state index in [9.17, 15) is 14.0 Å². The second-order valence-electron chi connectivity index (χ2n) is 7.47. The summed E-state index contributed by atoms with van der Waals surface area (Å²) in [5, 5.41) is 4.93. The minimum atomic E-state index is -0.372. The molecular weight excluding hydrogens is 383 g/mol. The molecule has 6 heteroatoms. The van der Waals surface area contributed by atoms with Crippen LogP contribution >= 0.6 is 0 Å². The van der Waals surface area contributed by atoms with E-state index in [2.05, 4.69) is 10.8 Å². The highest BCUT2D eigenvalue weighted by Crippen LogP contribution is 2.22. The van der Waals surface area contributed by atoms with E-state index in [-0.39, 0.29) is 42.6 Å². The van der Waals surface area contributed by atoms with Crippen LogP contribution in [0.2, 0.25) is 0 Å². The number of carbonyl (C=O) groups is 2. The molecule has 1 unspecified atom stereocenters. The summed E-state index contributed by atoms with van der Waals surface area (Å²) in [5.41, 5.74) is 4.02. The first-order chi connectivity index (χ1) is 14.4. The lowest BCUT2D eigenvalue weighted by atomic mass is 9.96. The van der Waals surface area contributed by atoms with Crippen LogP contribution in [0.5, 0.6) is 0 Å². The Bertz CT molecular complexity index is 1010. The van der Waals surface area contributed by atoms with Gasteiger partial charge in [0.25, 0.3) is 0 Å². The van der Waals surface area contributed by atoms with Crippen LogP contribution < -0.4 is 10.8 Å². The molecule has 0 aliphatic carbocycles. The van der Waals surface area contributed by atoms with Crippen molar-refractivity contribution in [3.05, 3.63) is 83.7 Å². The maximum absolute atomic E-state index is 13.2. The molecule has 156 valence electrons. The van der Waals surface area contributed by atoms with Crippen LogP contribution in [0.4, 0.5) is 4.39 Å². The van der Waals surface area contributed by atoms with Crippen LogP contribution in [0.1, 0.15) is 31.0 Å². The lowest BCUT2D eigenvalue weighted by Gasteiger charge is -2.23. The second-order valence-corrected chi connectivity index (χ2v) is 7.47. The Hall–Kier alpha value is -3.25. The molecule has 0 radical (unpaired) electrons. The number of hydroxylamine groups is 1. The van der Waals surface area contributed by atoms with E-state index >= 15 is 0 Å². The number of halogens is 1. The van der Waals surface area contributed by atoms with E-state index in [1.54, 1.807) is 12.1 Å². The Morgan fingerprint density at radius 3 is 2.37 bits per heavy atom. The van der Waals surface area contributed by atoms with E-state index in [0.29, 0.717) is 0 Å². The predicted molar refractivity (Wildman–Crippen MR) is 114 cm³/mol. The maximum Gasteiger partial charge on any atom is 0.249 e. The predicted octanol–water partition coefficient (Wildman–Crippen LogP) is 4.08. The van der Waals surface area contributed by atoms with Crippen LogP contribution in [0.25, 0.3) is 10.8 Å². The lowest BCUT2D eigenvalue weighted by Crippen LogP contribution is -2.37. The van der Waals surface area contributed by atoms with Crippen molar-refractivity contribution in [3.8, 4) is 0 Å². The van der Waals surface area contributed by atoms with Crippen molar-refractivity contribution in [2.75, 3.05) is 6.61 Å². The second kappa shape index (κ2) is 9.98. The van der Waals surface area contributed by atoms with Crippen molar-refractivity contribution < 1.29 is 18.8 Å². The Morgan fingerprint density at radius 1 is 0.933 bits per heavy atom. The fraction of sp³-hybridized carbons (Fsp3) is 0.250. The Balaban J connectivity index is 1.50. The molecule has 3 aromatic carbocycles. The molecule has 5 nitrogen and oxygen atoms in total. The normalized spacial score (nSPS) is 12.0. The van der Waals surface area contributed by atoms with Crippen molar-refractivity contribution in [1.29, 1.82) is 0 Å². The van der Waals surface area contributed by atoms with Crippen molar-refractivity contribution in [3.63, 3.8) is 0 Å². The molecule has 0 fully saturated rings. The minimum Gasteiger partial charge on any atom is -0.347 e. The topological polar surface area (TPSA) is 67.4 Å². The number of amides is 2. The van der Waals surface area contributed by atoms with Gasteiger partial charge in [0, 0.05) is 0 Å². The van der Waals surface area contributed by atoms with E-state index in [0.717, 1.165) is 21.9 Å². The van der Waals surface area contributed by atoms with Gasteiger partial charge in [0.15, 0.2) is 6.61 Å². The molecule has 0 heterocycles. The number of nitrogens with one attached hydrogen (secondary N) is 2. The number of benzene rings is 3. The van der Waals surface area contributed by atoms with Crippen molar-refractivity contribution in [2.45, 2.75) is 26.3 Å². The third-order valence-corrected chi connectivity index (χ3v) is 4.83. The molecule has 2 N–H and O–H groups in total. The smallest absolute Gasteiger partial charge is 0.249 e. The summed E-state index contributed by atoms with van der Waals surface area (Å²) in [6.45, 7) is 3.61. The van der Waals surface area contributed by atoms with Gasteiger partial charge in [-0.25, -0.2) is 9.87 Å². The molecule has 0 bridgehead atoms. The summed E-state index contributed by atoms with van der Waals surface area (Å²) in [6, 6.07) is 19.4. The first-order valence-corrected chi connectivity index (χ1v) is 9.86. The number of fused-ring (bicyclic) bond motifs is 1. The van der Waals surface area contributed by atoms with Crippen molar-refractivity contribution in [2.24, 2.45) is 5.92 Å². The first kappa shape index (κ1) is 21.5. The number of hydrogen-bond donors (Lipinski definition) is 2. The van der Waals surface area contributed by atoms with Gasteiger partial charge in [-0.2, -0.15) is 0 Å². The molecule has 2 amide bonds. The van der Waals surface area contributed by atoms with Crippen LogP contribution in [0, 0.1) is 11.7 Å². The third kappa shape index (κ3) is 5.64. The molecule has 3 rings (SSSR count). The molecular formula is C24H25FN2O3. The quantitative estimate of drug-likeness (QED) is 0.552. The SMILES string of the molecule is CC(C)C(NC(=O)CONC(=O)Cc1cccc2ccccc12)c1ccc(F)cc1. The van der Waals surface area contributed by atoms with Crippen LogP contribution in [-0.4, -0.2) is 18.4 Å². The number of carbonyl (C=O) groups excluding carboxylic acids is 2. The van der Waals surface area contributed by atoms with E-state index in [1.807, 2.05) is 56.3 Å². The van der Waals surface area contributed by atoms with Gasteiger partial charge < -0.3 is 5.32 Å². The molecule has 30 heavy (non-hydrogen) atoms. The molecule has 3 aromatic rings. The van der Waals surface area contributed by atoms with Gasteiger partial charge in [-0.15, -0.1) is 0 Å². The van der Waals surface area contributed by atoms with Crippen molar-refractivity contribution >= 4 is 22.6 Å². The zero-order chi connectivity index (χ0) is 21.5. The van der Waals surface area contributed by atoms with Gasteiger partial charge >= 0.3 is 0 Å². The zero-order valence-corrected chi connectivity index (χ0v) is 17.0. The van der Waals surface area contributed by atoms with Crippen LogP contribution in [-0.2, 0) is 20.8 Å². The fourth-order valence-electron chi connectivity index (χ4n) is 3.36. The summed E-state index contributed by atoms with van der Waals surface area (Å²) in [7, 11) is 0. The molecule has 0 aliphatic rings. The van der Waals surface area contributed by atoms with Crippen LogP contribution in [0.3, 0.4) is 0 Å². The summed E-state index contributed by atoms with van der Waals surface area (Å²) in [5.74, 6) is -0.938. The fourth-order valence-corrected chi connectivity index (χ4v) is 3.36. The van der Waals surface area contributed by atoms with Gasteiger partial charge in [-0.3, -0.25) is 14.4 Å². The summed E-state index contributed by atoms with van der Waals surface area (Å²) in [4.78, 5) is 29.6. The monoisotopic (exact) mass is 408 g/mol. The average molecular weight is 408 g/mol. The number of hydrogen-bond acceptors (Lipinski definition) is 3. The Labute approximate surface area is 175 Å². The van der Waals surface area contributed by atoms with Gasteiger partial charge in [0.2, 0.25) is 11.8 Å². The van der Waals surface area contributed by atoms with Gasteiger partial charge in [0.05, 0.1) is 12.5 Å². The highest BCUT2D eigenvalue weighted by molar-refractivity contribution is 5.90. The summed E-state index contributed by atoms with van der Waals surface area (Å²) < 4.78 is 13.2. The Kier molecular flexibility index (Phi) is 7.14. The molecule has 0 saturated heterocycles. The van der Waals surface area contributed by atoms with E-state index in [1.165, 1.54) is 12.1 Å². The largest absolute Gasteiger partial charge is 0.347 e. The summed E-state index contributed by atoms with van der Waals surface area (Å²) >= 11 is 0. The molecule has 1 atom stereocenters. The highest BCUT2D eigenvalue weighted by atomic mass is 19.1. The first-order valence-electron chi connectivity index (χ1n) is 9.86. The zero-order valence-electron chi connectivity index (χ0n) is 17.0. The van der Waals surface area contributed by atoms with E-state index < -0.39 is 0 Å². The summed E-state index contributed by atoms with van der Waals surface area (Å²) in [6.07, 6.45) is 0.146. The molecule has 0 saturated carbocycles. The minimum absolute atomic E-state index is 0.0976. The molecule has 0 aromatic heterocycles. The van der Waals surface area contributed by atoms with E-state index in [4.69, 9.17) is 4.84 Å².